The lowest BCUT2D eigenvalue weighted by molar-refractivity contribution is 0.825. The van der Waals surface area contributed by atoms with Crippen LogP contribution in [0.15, 0.2) is 42.5 Å². The molecule has 0 fully saturated rings. The number of aromatic nitrogens is 4. The van der Waals surface area contributed by atoms with Crippen molar-refractivity contribution in [3.05, 3.63) is 52.6 Å². The SMILES string of the molecule is Nc1cc(-c2ccccc2Cl)nn1-c1ccc(Cl)nn1. The summed E-state index contributed by atoms with van der Waals surface area (Å²) >= 11 is 11.9. The van der Waals surface area contributed by atoms with E-state index in [2.05, 4.69) is 15.3 Å². The highest BCUT2D eigenvalue weighted by atomic mass is 35.5. The maximum absolute atomic E-state index is 6.15. The highest BCUT2D eigenvalue weighted by molar-refractivity contribution is 6.33. The van der Waals surface area contributed by atoms with E-state index in [0.29, 0.717) is 27.5 Å². The van der Waals surface area contributed by atoms with Crippen molar-refractivity contribution in [1.29, 1.82) is 0 Å². The Hall–Kier alpha value is -2.11. The van der Waals surface area contributed by atoms with Gasteiger partial charge in [-0.25, -0.2) is 0 Å². The molecular weight excluding hydrogens is 297 g/mol. The van der Waals surface area contributed by atoms with Crippen LogP contribution >= 0.6 is 23.2 Å². The average Bonchev–Trinajstić information content (AvgIpc) is 2.82. The summed E-state index contributed by atoms with van der Waals surface area (Å²) < 4.78 is 1.49. The minimum atomic E-state index is 0.311. The Balaban J connectivity index is 2.08. The molecule has 0 aliphatic carbocycles. The van der Waals surface area contributed by atoms with Crippen LogP contribution in [0.25, 0.3) is 17.1 Å². The summed E-state index contributed by atoms with van der Waals surface area (Å²) in [5, 5.41) is 13.0. The summed E-state index contributed by atoms with van der Waals surface area (Å²) in [7, 11) is 0. The van der Waals surface area contributed by atoms with Gasteiger partial charge in [-0.2, -0.15) is 9.78 Å². The Kier molecular flexibility index (Phi) is 3.30. The predicted molar refractivity (Wildman–Crippen MR) is 79.0 cm³/mol. The Morgan fingerprint density at radius 1 is 1.00 bits per heavy atom. The van der Waals surface area contributed by atoms with E-state index in [1.165, 1.54) is 4.68 Å². The van der Waals surface area contributed by atoms with Crippen LogP contribution in [0, 0.1) is 0 Å². The first kappa shape index (κ1) is 12.9. The van der Waals surface area contributed by atoms with Gasteiger partial charge in [0.15, 0.2) is 11.0 Å². The zero-order valence-corrected chi connectivity index (χ0v) is 11.7. The van der Waals surface area contributed by atoms with E-state index in [9.17, 15) is 0 Å². The molecule has 7 heteroatoms. The first-order valence-corrected chi connectivity index (χ1v) is 6.51. The molecule has 20 heavy (non-hydrogen) atoms. The van der Waals surface area contributed by atoms with Gasteiger partial charge in [0.1, 0.15) is 5.82 Å². The van der Waals surface area contributed by atoms with E-state index >= 15 is 0 Å². The molecule has 2 aromatic heterocycles. The summed E-state index contributed by atoms with van der Waals surface area (Å²) in [6, 6.07) is 12.5. The van der Waals surface area contributed by atoms with Crippen LogP contribution in [-0.4, -0.2) is 20.0 Å². The third kappa shape index (κ3) is 2.33. The smallest absolute Gasteiger partial charge is 0.178 e. The molecule has 0 radical (unpaired) electrons. The Morgan fingerprint density at radius 2 is 1.80 bits per heavy atom. The number of nitrogen functional groups attached to an aromatic ring is 1. The molecule has 0 atom stereocenters. The number of nitrogens with zero attached hydrogens (tertiary/aromatic N) is 4. The first-order chi connectivity index (χ1) is 9.65. The van der Waals surface area contributed by atoms with E-state index in [0.717, 1.165) is 5.56 Å². The molecule has 3 rings (SSSR count). The van der Waals surface area contributed by atoms with Crippen LogP contribution in [0.4, 0.5) is 5.82 Å². The fourth-order valence-electron chi connectivity index (χ4n) is 1.80. The molecule has 0 saturated heterocycles. The van der Waals surface area contributed by atoms with Crippen molar-refractivity contribution >= 4 is 29.0 Å². The molecule has 0 unspecified atom stereocenters. The lowest BCUT2D eigenvalue weighted by Crippen LogP contribution is -2.04. The summed E-state index contributed by atoms with van der Waals surface area (Å²) in [5.74, 6) is 0.932. The van der Waals surface area contributed by atoms with Crippen LogP contribution in [0.1, 0.15) is 0 Å². The molecule has 5 nitrogen and oxygen atoms in total. The van der Waals surface area contributed by atoms with Crippen molar-refractivity contribution in [2.45, 2.75) is 0 Å². The molecule has 0 spiro atoms. The topological polar surface area (TPSA) is 69.6 Å². The zero-order chi connectivity index (χ0) is 14.1. The lowest BCUT2D eigenvalue weighted by atomic mass is 10.1. The summed E-state index contributed by atoms with van der Waals surface area (Å²) in [6.07, 6.45) is 0. The van der Waals surface area contributed by atoms with Crippen molar-refractivity contribution in [2.75, 3.05) is 5.73 Å². The van der Waals surface area contributed by atoms with E-state index < -0.39 is 0 Å². The first-order valence-electron chi connectivity index (χ1n) is 5.75. The van der Waals surface area contributed by atoms with Gasteiger partial charge in [0.2, 0.25) is 0 Å². The Labute approximate surface area is 125 Å². The van der Waals surface area contributed by atoms with Gasteiger partial charge in [0.25, 0.3) is 0 Å². The second-order valence-corrected chi connectivity index (χ2v) is 4.85. The molecule has 3 aromatic rings. The number of hydrogen-bond donors (Lipinski definition) is 1. The monoisotopic (exact) mass is 305 g/mol. The molecule has 0 bridgehead atoms. The van der Waals surface area contributed by atoms with Gasteiger partial charge in [-0.3, -0.25) is 0 Å². The van der Waals surface area contributed by atoms with Gasteiger partial charge in [-0.1, -0.05) is 41.4 Å². The van der Waals surface area contributed by atoms with Crippen molar-refractivity contribution in [2.24, 2.45) is 0 Å². The second-order valence-electron chi connectivity index (χ2n) is 4.06. The molecule has 0 aliphatic heterocycles. The highest BCUT2D eigenvalue weighted by Crippen LogP contribution is 2.28. The summed E-state index contributed by atoms with van der Waals surface area (Å²) in [6.45, 7) is 0. The quantitative estimate of drug-likeness (QED) is 0.789. The molecule has 0 aliphatic rings. The van der Waals surface area contributed by atoms with Crippen LogP contribution < -0.4 is 5.73 Å². The number of anilines is 1. The number of nitrogens with two attached hydrogens (primary N) is 1. The predicted octanol–water partition coefficient (Wildman–Crippen LogP) is 3.22. The molecule has 1 aromatic carbocycles. The van der Waals surface area contributed by atoms with Gasteiger partial charge in [0.05, 0.1) is 10.7 Å². The fraction of sp³-hybridized carbons (Fsp3) is 0. The van der Waals surface area contributed by atoms with Gasteiger partial charge >= 0.3 is 0 Å². The van der Waals surface area contributed by atoms with E-state index in [1.807, 2.05) is 18.2 Å². The van der Waals surface area contributed by atoms with E-state index in [-0.39, 0.29) is 0 Å². The van der Waals surface area contributed by atoms with Crippen LogP contribution in [-0.2, 0) is 0 Å². The van der Waals surface area contributed by atoms with Crippen LogP contribution in [0.3, 0.4) is 0 Å². The summed E-state index contributed by atoms with van der Waals surface area (Å²) in [5.41, 5.74) is 7.43. The maximum Gasteiger partial charge on any atom is 0.178 e. The molecule has 0 saturated carbocycles. The molecule has 2 N–H and O–H groups in total. The fourth-order valence-corrected chi connectivity index (χ4v) is 2.13. The van der Waals surface area contributed by atoms with Gasteiger partial charge in [0, 0.05) is 11.6 Å². The maximum atomic E-state index is 6.15. The minimum absolute atomic E-state index is 0.311. The average molecular weight is 306 g/mol. The van der Waals surface area contributed by atoms with Gasteiger partial charge in [-0.05, 0) is 18.2 Å². The number of benzene rings is 1. The molecular formula is C13H9Cl2N5. The Morgan fingerprint density at radius 3 is 2.50 bits per heavy atom. The summed E-state index contributed by atoms with van der Waals surface area (Å²) in [4.78, 5) is 0. The largest absolute Gasteiger partial charge is 0.384 e. The molecule has 100 valence electrons. The number of hydrogen-bond acceptors (Lipinski definition) is 4. The lowest BCUT2D eigenvalue weighted by Gasteiger charge is -2.01. The number of rotatable bonds is 2. The van der Waals surface area contributed by atoms with Crippen LogP contribution in [0.2, 0.25) is 10.2 Å². The Bertz CT molecular complexity index is 752. The molecule has 2 heterocycles. The van der Waals surface area contributed by atoms with Gasteiger partial charge in [-0.15, -0.1) is 10.2 Å². The van der Waals surface area contributed by atoms with E-state index in [1.54, 1.807) is 24.3 Å². The normalized spacial score (nSPS) is 10.7. The van der Waals surface area contributed by atoms with Crippen molar-refractivity contribution < 1.29 is 0 Å². The zero-order valence-electron chi connectivity index (χ0n) is 10.2. The van der Waals surface area contributed by atoms with Crippen molar-refractivity contribution in [3.8, 4) is 17.1 Å². The minimum Gasteiger partial charge on any atom is -0.384 e. The highest BCUT2D eigenvalue weighted by Gasteiger charge is 2.12. The second kappa shape index (κ2) is 5.11. The molecule has 0 amide bonds. The third-order valence-electron chi connectivity index (χ3n) is 2.72. The van der Waals surface area contributed by atoms with E-state index in [4.69, 9.17) is 28.9 Å². The number of halogens is 2. The standard InChI is InChI=1S/C13H9Cl2N5/c14-9-4-2-1-3-8(9)10-7-12(16)20(19-10)13-6-5-11(15)17-18-13/h1-7H,16H2. The van der Waals surface area contributed by atoms with Crippen LogP contribution in [0.5, 0.6) is 0 Å². The van der Waals surface area contributed by atoms with Crippen molar-refractivity contribution in [1.82, 2.24) is 20.0 Å². The van der Waals surface area contributed by atoms with Gasteiger partial charge < -0.3 is 5.73 Å². The third-order valence-corrected chi connectivity index (χ3v) is 3.25. The van der Waals surface area contributed by atoms with Crippen molar-refractivity contribution in [3.63, 3.8) is 0 Å².